The van der Waals surface area contributed by atoms with Gasteiger partial charge >= 0.3 is 5.76 Å². The van der Waals surface area contributed by atoms with Crippen LogP contribution < -0.4 is 20.5 Å². The molecule has 1 atom stereocenters. The molecule has 26 heavy (non-hydrogen) atoms. The molecule has 0 aliphatic carbocycles. The van der Waals surface area contributed by atoms with Gasteiger partial charge in [-0.25, -0.2) is 4.79 Å². The van der Waals surface area contributed by atoms with Crippen LogP contribution in [0.25, 0.3) is 11.1 Å². The minimum atomic E-state index is -0.608. The second-order valence-corrected chi connectivity index (χ2v) is 6.30. The molecule has 2 heterocycles. The predicted octanol–water partition coefficient (Wildman–Crippen LogP) is 2.20. The van der Waals surface area contributed by atoms with Gasteiger partial charge in [0.1, 0.15) is 19.3 Å². The summed E-state index contributed by atoms with van der Waals surface area (Å²) < 4.78 is 17.8. The van der Waals surface area contributed by atoms with E-state index in [0.29, 0.717) is 34.2 Å². The zero-order chi connectivity index (χ0) is 18.1. The Labute approximate surface area is 153 Å². The number of hydrogen-bond acceptors (Lipinski definition) is 5. The quantitative estimate of drug-likeness (QED) is 0.757. The van der Waals surface area contributed by atoms with Crippen molar-refractivity contribution >= 4 is 28.6 Å². The molecule has 0 fully saturated rings. The minimum Gasteiger partial charge on any atom is -0.486 e. The first-order chi connectivity index (χ1) is 12.6. The van der Waals surface area contributed by atoms with Gasteiger partial charge in [0.15, 0.2) is 17.1 Å². The summed E-state index contributed by atoms with van der Waals surface area (Å²) in [5.74, 6) is 0.396. The van der Waals surface area contributed by atoms with E-state index in [-0.39, 0.29) is 25.1 Å². The summed E-state index contributed by atoms with van der Waals surface area (Å²) in [7, 11) is 0. The fourth-order valence-corrected chi connectivity index (χ4v) is 2.94. The van der Waals surface area contributed by atoms with Crippen molar-refractivity contribution in [2.45, 2.75) is 12.6 Å². The van der Waals surface area contributed by atoms with E-state index in [2.05, 4.69) is 5.32 Å². The lowest BCUT2D eigenvalue weighted by atomic mass is 10.2. The molecule has 7 nitrogen and oxygen atoms in total. The van der Waals surface area contributed by atoms with Gasteiger partial charge in [0.05, 0.1) is 12.1 Å². The Kier molecular flexibility index (Phi) is 4.30. The topological polar surface area (TPSA) is 82.7 Å². The number of amides is 1. The average molecular weight is 375 g/mol. The van der Waals surface area contributed by atoms with Crippen molar-refractivity contribution in [3.05, 3.63) is 58.0 Å². The third-order valence-electron chi connectivity index (χ3n) is 4.03. The number of carbonyl (C=O) groups is 1. The highest BCUT2D eigenvalue weighted by Gasteiger charge is 2.21. The van der Waals surface area contributed by atoms with Crippen molar-refractivity contribution in [1.29, 1.82) is 0 Å². The van der Waals surface area contributed by atoms with E-state index >= 15 is 0 Å². The van der Waals surface area contributed by atoms with Crippen LogP contribution >= 0.6 is 11.6 Å². The van der Waals surface area contributed by atoms with Crippen molar-refractivity contribution < 1.29 is 18.7 Å². The Morgan fingerprint density at radius 2 is 2.04 bits per heavy atom. The minimum absolute atomic E-state index is 0.155. The standard InChI is InChI=1S/C18H15ClN2O5/c19-11-5-6-13-16(7-11)26-18(23)21(13)9-17(22)20-8-12-10-24-14-3-1-2-4-15(14)25-12/h1-7,12H,8-10H2,(H,20,22). The number of aromatic nitrogens is 1. The Bertz CT molecular complexity index is 1030. The molecule has 1 aromatic heterocycles. The summed E-state index contributed by atoms with van der Waals surface area (Å²) in [6.45, 7) is 0.450. The fraction of sp³-hybridized carbons (Fsp3) is 0.222. The van der Waals surface area contributed by atoms with E-state index in [1.54, 1.807) is 12.1 Å². The maximum Gasteiger partial charge on any atom is 0.420 e. The SMILES string of the molecule is O=C(Cn1c(=O)oc2cc(Cl)ccc21)NCC1COc2ccccc2O1. The molecule has 4 rings (SSSR count). The van der Waals surface area contributed by atoms with E-state index in [9.17, 15) is 9.59 Å². The van der Waals surface area contributed by atoms with E-state index < -0.39 is 5.76 Å². The smallest absolute Gasteiger partial charge is 0.420 e. The number of nitrogens with one attached hydrogen (secondary N) is 1. The first-order valence-corrected chi connectivity index (χ1v) is 8.42. The number of fused-ring (bicyclic) bond motifs is 2. The van der Waals surface area contributed by atoms with Gasteiger partial charge in [0.25, 0.3) is 0 Å². The molecule has 0 saturated heterocycles. The van der Waals surface area contributed by atoms with Gasteiger partial charge in [-0.3, -0.25) is 9.36 Å². The number of oxazole rings is 1. The molecule has 134 valence electrons. The molecule has 0 saturated carbocycles. The predicted molar refractivity (Wildman–Crippen MR) is 94.8 cm³/mol. The number of nitrogens with zero attached hydrogens (tertiary/aromatic N) is 1. The molecule has 1 aliphatic rings. The number of benzene rings is 2. The van der Waals surface area contributed by atoms with E-state index in [4.69, 9.17) is 25.5 Å². The van der Waals surface area contributed by atoms with Crippen LogP contribution in [0.15, 0.2) is 51.7 Å². The maximum atomic E-state index is 12.2. The summed E-state index contributed by atoms with van der Waals surface area (Å²) in [4.78, 5) is 24.2. The highest BCUT2D eigenvalue weighted by molar-refractivity contribution is 6.31. The molecule has 1 N–H and O–H groups in total. The average Bonchev–Trinajstić information content (AvgIpc) is 2.94. The summed E-state index contributed by atoms with van der Waals surface area (Å²) in [6, 6.07) is 12.2. The Morgan fingerprint density at radius 1 is 1.23 bits per heavy atom. The first-order valence-electron chi connectivity index (χ1n) is 8.04. The Hall–Kier alpha value is -2.93. The normalized spacial score (nSPS) is 15.8. The van der Waals surface area contributed by atoms with Gasteiger partial charge in [0, 0.05) is 11.1 Å². The summed E-state index contributed by atoms with van der Waals surface area (Å²) in [6.07, 6.45) is -0.300. The van der Waals surface area contributed by atoms with Crippen molar-refractivity contribution in [3.8, 4) is 11.5 Å². The van der Waals surface area contributed by atoms with Crippen LogP contribution in [0, 0.1) is 0 Å². The molecule has 1 amide bonds. The maximum absolute atomic E-state index is 12.2. The lowest BCUT2D eigenvalue weighted by molar-refractivity contribution is -0.122. The monoisotopic (exact) mass is 374 g/mol. The van der Waals surface area contributed by atoms with E-state index in [0.717, 1.165) is 0 Å². The van der Waals surface area contributed by atoms with Gasteiger partial charge in [-0.15, -0.1) is 0 Å². The zero-order valence-electron chi connectivity index (χ0n) is 13.6. The number of hydrogen-bond donors (Lipinski definition) is 1. The first kappa shape index (κ1) is 16.5. The van der Waals surface area contributed by atoms with Crippen LogP contribution in [-0.2, 0) is 11.3 Å². The van der Waals surface area contributed by atoms with Gasteiger partial charge in [-0.1, -0.05) is 23.7 Å². The van der Waals surface area contributed by atoms with Crippen molar-refractivity contribution in [2.24, 2.45) is 0 Å². The Morgan fingerprint density at radius 3 is 2.88 bits per heavy atom. The highest BCUT2D eigenvalue weighted by atomic mass is 35.5. The number of halogens is 1. The van der Waals surface area contributed by atoms with Crippen LogP contribution in [0.2, 0.25) is 5.02 Å². The van der Waals surface area contributed by atoms with Crippen molar-refractivity contribution in [3.63, 3.8) is 0 Å². The molecule has 1 unspecified atom stereocenters. The molecule has 0 spiro atoms. The summed E-state index contributed by atoms with van der Waals surface area (Å²) in [5.41, 5.74) is 0.858. The number of ether oxygens (including phenoxy) is 2. The second kappa shape index (κ2) is 6.76. The third-order valence-corrected chi connectivity index (χ3v) is 4.26. The van der Waals surface area contributed by atoms with Gasteiger partial charge in [-0.2, -0.15) is 0 Å². The lowest BCUT2D eigenvalue weighted by Gasteiger charge is -2.26. The van der Waals surface area contributed by atoms with Crippen LogP contribution in [0.4, 0.5) is 0 Å². The number of rotatable bonds is 4. The van der Waals surface area contributed by atoms with Crippen LogP contribution in [-0.4, -0.2) is 29.7 Å². The Balaban J connectivity index is 1.39. The van der Waals surface area contributed by atoms with E-state index in [1.807, 2.05) is 24.3 Å². The van der Waals surface area contributed by atoms with Crippen LogP contribution in [0.3, 0.4) is 0 Å². The van der Waals surface area contributed by atoms with E-state index in [1.165, 1.54) is 10.6 Å². The lowest BCUT2D eigenvalue weighted by Crippen LogP contribution is -2.42. The molecule has 1 aliphatic heterocycles. The molecule has 2 aromatic carbocycles. The number of para-hydroxylation sites is 2. The fourth-order valence-electron chi connectivity index (χ4n) is 2.78. The van der Waals surface area contributed by atoms with Gasteiger partial charge in [-0.05, 0) is 24.3 Å². The van der Waals surface area contributed by atoms with Crippen LogP contribution in [0.1, 0.15) is 0 Å². The molecular weight excluding hydrogens is 360 g/mol. The number of carbonyl (C=O) groups excluding carboxylic acids is 1. The second-order valence-electron chi connectivity index (χ2n) is 5.87. The molecular formula is C18H15ClN2O5. The van der Waals surface area contributed by atoms with Gasteiger partial charge < -0.3 is 19.2 Å². The molecule has 0 bridgehead atoms. The zero-order valence-corrected chi connectivity index (χ0v) is 14.4. The molecule has 0 radical (unpaired) electrons. The molecule has 3 aromatic rings. The van der Waals surface area contributed by atoms with Crippen molar-refractivity contribution in [1.82, 2.24) is 9.88 Å². The molecule has 8 heteroatoms. The van der Waals surface area contributed by atoms with Crippen molar-refractivity contribution in [2.75, 3.05) is 13.2 Å². The summed E-state index contributed by atoms with van der Waals surface area (Å²) >= 11 is 5.88. The highest BCUT2D eigenvalue weighted by Crippen LogP contribution is 2.30. The third kappa shape index (κ3) is 3.25. The largest absolute Gasteiger partial charge is 0.486 e. The van der Waals surface area contributed by atoms with Crippen LogP contribution in [0.5, 0.6) is 11.5 Å². The summed E-state index contributed by atoms with van der Waals surface area (Å²) in [5, 5.41) is 3.21. The van der Waals surface area contributed by atoms with Gasteiger partial charge in [0.2, 0.25) is 5.91 Å².